The number of nitrogens with two attached hydrogens (primary N) is 1. The molecule has 2 rings (SSSR count). The van der Waals surface area contributed by atoms with Gasteiger partial charge >= 0.3 is 0 Å². The van der Waals surface area contributed by atoms with Crippen molar-refractivity contribution < 1.29 is 4.79 Å². The van der Waals surface area contributed by atoms with Gasteiger partial charge in [-0.2, -0.15) is 0 Å². The molecule has 1 aromatic rings. The van der Waals surface area contributed by atoms with Crippen LogP contribution in [0.1, 0.15) is 37.3 Å². The zero-order valence-electron chi connectivity index (χ0n) is 11.9. The van der Waals surface area contributed by atoms with Gasteiger partial charge in [0.25, 0.3) is 0 Å². The van der Waals surface area contributed by atoms with Gasteiger partial charge < -0.3 is 10.6 Å². The number of piperidine rings is 1. The van der Waals surface area contributed by atoms with Crippen LogP contribution < -0.4 is 5.73 Å². The molecule has 19 heavy (non-hydrogen) atoms. The van der Waals surface area contributed by atoms with Crippen LogP contribution in [-0.4, -0.2) is 29.4 Å². The van der Waals surface area contributed by atoms with E-state index in [1.165, 1.54) is 12.0 Å². The first-order valence-electron chi connectivity index (χ1n) is 7.19. The molecule has 0 aliphatic carbocycles. The molecule has 104 valence electrons. The summed E-state index contributed by atoms with van der Waals surface area (Å²) >= 11 is 0. The molecule has 0 bridgehead atoms. The van der Waals surface area contributed by atoms with Gasteiger partial charge in [-0.3, -0.25) is 4.79 Å². The normalized spacial score (nSPS) is 21.2. The van der Waals surface area contributed by atoms with E-state index in [0.29, 0.717) is 6.42 Å². The number of nitrogens with zero attached hydrogens (tertiary/aromatic N) is 1. The van der Waals surface area contributed by atoms with Crippen LogP contribution in [0.2, 0.25) is 0 Å². The number of carbonyl (C=O) groups is 1. The van der Waals surface area contributed by atoms with Crippen molar-refractivity contribution >= 4 is 5.91 Å². The second kappa shape index (κ2) is 6.20. The average molecular weight is 260 g/mol. The van der Waals surface area contributed by atoms with Crippen molar-refractivity contribution in [2.45, 2.75) is 51.6 Å². The van der Waals surface area contributed by atoms with Crippen LogP contribution in [0, 0.1) is 6.92 Å². The first-order chi connectivity index (χ1) is 9.09. The van der Waals surface area contributed by atoms with Gasteiger partial charge in [0.1, 0.15) is 0 Å². The molecular weight excluding hydrogens is 236 g/mol. The minimum Gasteiger partial charge on any atom is -0.338 e. The third-order valence-corrected chi connectivity index (χ3v) is 4.08. The van der Waals surface area contributed by atoms with Crippen molar-refractivity contribution in [3.63, 3.8) is 0 Å². The Kier molecular flexibility index (Phi) is 4.59. The van der Waals surface area contributed by atoms with Gasteiger partial charge in [0, 0.05) is 18.6 Å². The maximum Gasteiger partial charge on any atom is 0.227 e. The van der Waals surface area contributed by atoms with E-state index in [1.54, 1.807) is 0 Å². The van der Waals surface area contributed by atoms with Gasteiger partial charge in [-0.1, -0.05) is 24.3 Å². The monoisotopic (exact) mass is 260 g/mol. The van der Waals surface area contributed by atoms with Gasteiger partial charge in [-0.05, 0) is 44.2 Å². The Morgan fingerprint density at radius 1 is 1.42 bits per heavy atom. The largest absolute Gasteiger partial charge is 0.338 e. The van der Waals surface area contributed by atoms with Crippen molar-refractivity contribution in [2.75, 3.05) is 6.54 Å². The molecule has 1 fully saturated rings. The van der Waals surface area contributed by atoms with Crippen molar-refractivity contribution in [3.05, 3.63) is 35.4 Å². The first kappa shape index (κ1) is 14.1. The lowest BCUT2D eigenvalue weighted by Crippen LogP contribution is -2.52. The fourth-order valence-electron chi connectivity index (χ4n) is 2.89. The minimum absolute atomic E-state index is 0.0566. The summed E-state index contributed by atoms with van der Waals surface area (Å²) in [5, 5.41) is 0. The Morgan fingerprint density at radius 3 is 2.84 bits per heavy atom. The van der Waals surface area contributed by atoms with Gasteiger partial charge in [-0.15, -0.1) is 0 Å². The van der Waals surface area contributed by atoms with E-state index < -0.39 is 0 Å². The third kappa shape index (κ3) is 3.35. The fourth-order valence-corrected chi connectivity index (χ4v) is 2.89. The predicted octanol–water partition coefficient (Wildman–Crippen LogP) is 2.27. The molecule has 1 heterocycles. The molecule has 1 aromatic carbocycles. The molecule has 2 N–H and O–H groups in total. The number of benzene rings is 1. The highest BCUT2D eigenvalue weighted by molar-refractivity contribution is 5.79. The van der Waals surface area contributed by atoms with Crippen LogP contribution >= 0.6 is 0 Å². The van der Waals surface area contributed by atoms with Crippen LogP contribution in [0.5, 0.6) is 0 Å². The van der Waals surface area contributed by atoms with E-state index in [1.807, 2.05) is 30.0 Å². The number of hydrogen-bond acceptors (Lipinski definition) is 2. The zero-order chi connectivity index (χ0) is 13.8. The predicted molar refractivity (Wildman–Crippen MR) is 77.9 cm³/mol. The molecular formula is C16H24N2O. The molecule has 0 unspecified atom stereocenters. The lowest BCUT2D eigenvalue weighted by atomic mass is 9.95. The smallest absolute Gasteiger partial charge is 0.227 e. The fraction of sp³-hybridized carbons (Fsp3) is 0.562. The SMILES string of the molecule is Cc1ccccc1CC(=O)N1CCCC[C@@H]1[C@@H](C)N. The summed E-state index contributed by atoms with van der Waals surface area (Å²) < 4.78 is 0. The Labute approximate surface area is 115 Å². The van der Waals surface area contributed by atoms with Gasteiger partial charge in [0.15, 0.2) is 0 Å². The second-order valence-electron chi connectivity index (χ2n) is 5.61. The summed E-state index contributed by atoms with van der Waals surface area (Å²) in [6.45, 7) is 4.92. The molecule has 1 saturated heterocycles. The molecule has 1 amide bonds. The minimum atomic E-state index is 0.0566. The second-order valence-corrected chi connectivity index (χ2v) is 5.61. The topological polar surface area (TPSA) is 46.3 Å². The highest BCUT2D eigenvalue weighted by Crippen LogP contribution is 2.20. The summed E-state index contributed by atoms with van der Waals surface area (Å²) in [6, 6.07) is 8.37. The Hall–Kier alpha value is -1.35. The first-order valence-corrected chi connectivity index (χ1v) is 7.19. The molecule has 0 spiro atoms. The molecule has 0 radical (unpaired) electrons. The van der Waals surface area contributed by atoms with Crippen LogP contribution in [0.25, 0.3) is 0 Å². The van der Waals surface area contributed by atoms with Gasteiger partial charge in [0.2, 0.25) is 5.91 Å². The molecule has 3 heteroatoms. The van der Waals surface area contributed by atoms with E-state index in [9.17, 15) is 4.79 Å². The molecule has 2 atom stereocenters. The molecule has 0 aromatic heterocycles. The van der Waals surface area contributed by atoms with E-state index in [0.717, 1.165) is 24.9 Å². The summed E-state index contributed by atoms with van der Waals surface area (Å²) in [5.74, 6) is 0.219. The van der Waals surface area contributed by atoms with E-state index in [2.05, 4.69) is 13.0 Å². The lowest BCUT2D eigenvalue weighted by molar-refractivity contribution is -0.134. The molecule has 3 nitrogen and oxygen atoms in total. The van der Waals surface area contributed by atoms with Gasteiger partial charge in [-0.25, -0.2) is 0 Å². The third-order valence-electron chi connectivity index (χ3n) is 4.08. The van der Waals surface area contributed by atoms with Gasteiger partial charge in [0.05, 0.1) is 6.42 Å². The maximum absolute atomic E-state index is 12.5. The van der Waals surface area contributed by atoms with Crippen LogP contribution in [0.3, 0.4) is 0 Å². The highest BCUT2D eigenvalue weighted by Gasteiger charge is 2.29. The summed E-state index contributed by atoms with van der Waals surface area (Å²) in [7, 11) is 0. The number of aryl methyl sites for hydroxylation is 1. The number of amides is 1. The van der Waals surface area contributed by atoms with Crippen LogP contribution in [0.4, 0.5) is 0 Å². The number of hydrogen-bond donors (Lipinski definition) is 1. The summed E-state index contributed by atoms with van der Waals surface area (Å²) in [4.78, 5) is 14.5. The standard InChI is InChI=1S/C16H24N2O/c1-12-7-3-4-8-14(12)11-16(19)18-10-6-5-9-15(18)13(2)17/h3-4,7-8,13,15H,5-6,9-11,17H2,1-2H3/t13-,15-/m1/s1. The number of rotatable bonds is 3. The number of carbonyl (C=O) groups excluding carboxylic acids is 1. The van der Waals surface area contributed by atoms with Crippen molar-refractivity contribution in [1.82, 2.24) is 4.90 Å². The molecule has 1 aliphatic heterocycles. The number of likely N-dealkylation sites (tertiary alicyclic amines) is 1. The molecule has 0 saturated carbocycles. The Balaban J connectivity index is 2.08. The Morgan fingerprint density at radius 2 is 2.16 bits per heavy atom. The highest BCUT2D eigenvalue weighted by atomic mass is 16.2. The van der Waals surface area contributed by atoms with Crippen LogP contribution in [-0.2, 0) is 11.2 Å². The van der Waals surface area contributed by atoms with Crippen molar-refractivity contribution in [2.24, 2.45) is 5.73 Å². The lowest BCUT2D eigenvalue weighted by Gasteiger charge is -2.38. The quantitative estimate of drug-likeness (QED) is 0.906. The van der Waals surface area contributed by atoms with Crippen LogP contribution in [0.15, 0.2) is 24.3 Å². The molecule has 1 aliphatic rings. The summed E-state index contributed by atoms with van der Waals surface area (Å²) in [5.41, 5.74) is 8.34. The zero-order valence-corrected chi connectivity index (χ0v) is 11.9. The van der Waals surface area contributed by atoms with Crippen molar-refractivity contribution in [3.8, 4) is 0 Å². The van der Waals surface area contributed by atoms with Crippen molar-refractivity contribution in [1.29, 1.82) is 0 Å². The summed E-state index contributed by atoms with van der Waals surface area (Å²) in [6.07, 6.45) is 3.82. The Bertz CT molecular complexity index is 442. The maximum atomic E-state index is 12.5. The van der Waals surface area contributed by atoms with E-state index in [4.69, 9.17) is 5.73 Å². The van der Waals surface area contributed by atoms with E-state index >= 15 is 0 Å². The van der Waals surface area contributed by atoms with E-state index in [-0.39, 0.29) is 18.0 Å². The average Bonchev–Trinajstić information content (AvgIpc) is 2.41.